The Morgan fingerprint density at radius 2 is 1.70 bits per heavy atom. The second-order valence-electron chi connectivity index (χ2n) is 4.90. The monoisotopic (exact) mass is 333 g/mol. The van der Waals surface area contributed by atoms with Gasteiger partial charge in [0, 0.05) is 46.5 Å². The molecular formula is C17H19NO4S. The van der Waals surface area contributed by atoms with Gasteiger partial charge in [-0.25, -0.2) is 0 Å². The minimum absolute atomic E-state index is 0.111. The molecule has 1 aliphatic heterocycles. The summed E-state index contributed by atoms with van der Waals surface area (Å²) in [6.45, 7) is 5.19. The van der Waals surface area contributed by atoms with Crippen molar-refractivity contribution >= 4 is 34.0 Å². The first-order valence-electron chi connectivity index (χ1n) is 6.93. The van der Waals surface area contributed by atoms with Crippen LogP contribution in [-0.2, 0) is 25.2 Å². The van der Waals surface area contributed by atoms with Crippen molar-refractivity contribution in [3.8, 4) is 0 Å². The molecule has 2 amide bonds. The molecule has 1 fully saturated rings. The van der Waals surface area contributed by atoms with E-state index in [1.807, 2.05) is 30.3 Å². The lowest BCUT2D eigenvalue weighted by molar-refractivity contribution is -0.124. The van der Waals surface area contributed by atoms with E-state index in [-0.39, 0.29) is 17.6 Å². The number of amides is 2. The van der Waals surface area contributed by atoms with Crippen molar-refractivity contribution in [2.45, 2.75) is 19.8 Å². The zero-order chi connectivity index (χ0) is 17.4. The van der Waals surface area contributed by atoms with Crippen LogP contribution in [0.1, 0.15) is 25.3 Å². The quantitative estimate of drug-likeness (QED) is 0.519. The van der Waals surface area contributed by atoms with Crippen molar-refractivity contribution in [1.82, 2.24) is 5.32 Å². The highest BCUT2D eigenvalue weighted by Gasteiger charge is 2.15. The summed E-state index contributed by atoms with van der Waals surface area (Å²) in [5, 5.41) is 3.69. The molecule has 1 aromatic carbocycles. The van der Waals surface area contributed by atoms with Crippen LogP contribution < -0.4 is 5.32 Å². The summed E-state index contributed by atoms with van der Waals surface area (Å²) in [5.74, 6) is -0.407. The van der Waals surface area contributed by atoms with E-state index < -0.39 is 10.8 Å². The van der Waals surface area contributed by atoms with E-state index >= 15 is 0 Å². The van der Waals surface area contributed by atoms with Crippen LogP contribution in [0.4, 0.5) is 0 Å². The third-order valence-electron chi connectivity index (χ3n) is 2.98. The van der Waals surface area contributed by atoms with E-state index in [0.717, 1.165) is 5.56 Å². The highest BCUT2D eigenvalue weighted by atomic mass is 32.2. The maximum absolute atomic E-state index is 11.3. The number of hydrogen-bond acceptors (Lipinski definition) is 4. The minimum Gasteiger partial charge on any atom is -0.296 e. The molecule has 1 saturated heterocycles. The fraction of sp³-hybridized carbons (Fsp3) is 0.235. The summed E-state index contributed by atoms with van der Waals surface area (Å²) in [7, 11) is -1.11. The fourth-order valence-corrected chi connectivity index (χ4v) is 2.40. The Balaban J connectivity index is 0.000000313. The molecule has 2 rings (SSSR count). The summed E-state index contributed by atoms with van der Waals surface area (Å²) < 4.78 is 11.2. The summed E-state index contributed by atoms with van der Waals surface area (Å²) in [6.07, 6.45) is 2.31. The number of carbonyl (C=O) groups excluding carboxylic acids is 3. The number of ketones is 1. The zero-order valence-electron chi connectivity index (χ0n) is 13.1. The molecule has 6 heteroatoms. The number of carbonyl (C=O) groups is 3. The summed E-state index contributed by atoms with van der Waals surface area (Å²) in [4.78, 5) is 31.5. The summed E-state index contributed by atoms with van der Waals surface area (Å²) in [5.41, 5.74) is 1.90. The maximum Gasteiger partial charge on any atom is 0.227 e. The number of allylic oxidation sites excluding steroid dienone is 2. The Morgan fingerprint density at radius 1 is 1.17 bits per heavy atom. The number of nitrogens with one attached hydrogen (secondary N) is 1. The van der Waals surface area contributed by atoms with Crippen molar-refractivity contribution in [2.24, 2.45) is 0 Å². The van der Waals surface area contributed by atoms with Crippen molar-refractivity contribution in [3.63, 3.8) is 0 Å². The highest BCUT2D eigenvalue weighted by Crippen LogP contribution is 2.22. The molecule has 0 aliphatic carbocycles. The van der Waals surface area contributed by atoms with Gasteiger partial charge in [-0.05, 0) is 12.5 Å². The molecule has 0 saturated carbocycles. The minimum atomic E-state index is -1.11. The molecule has 0 radical (unpaired) electrons. The summed E-state index contributed by atoms with van der Waals surface area (Å²) in [6, 6.07) is 9.37. The van der Waals surface area contributed by atoms with Gasteiger partial charge in [0.05, 0.1) is 0 Å². The Labute approximate surface area is 137 Å². The van der Waals surface area contributed by atoms with Crippen LogP contribution in [0.3, 0.4) is 0 Å². The lowest BCUT2D eigenvalue weighted by Gasteiger charge is -2.07. The standard InChI is InChI=1S/C13H14O2S.C4H5NO2/c1-10(11(2)14)13(9-16(3)15)12-7-5-4-6-8-12;6-3-1-2-4(7)5-3/h4-9H,1H2,2-3H3;1-2H2,(H,5,6,7)/b13-9+;/t16-;/m0./s1. The average molecular weight is 333 g/mol. The van der Waals surface area contributed by atoms with Crippen LogP contribution in [0.15, 0.2) is 47.9 Å². The lowest BCUT2D eigenvalue weighted by atomic mass is 9.98. The SMILES string of the molecule is C=C(C(C)=O)/C(=C\[S@](C)=O)c1ccccc1.O=C1CCC(=O)N1. The predicted octanol–water partition coefficient (Wildman–Crippen LogP) is 1.97. The molecule has 1 aliphatic rings. The molecular weight excluding hydrogens is 314 g/mol. The molecule has 5 nitrogen and oxygen atoms in total. The number of benzene rings is 1. The zero-order valence-corrected chi connectivity index (χ0v) is 13.9. The van der Waals surface area contributed by atoms with Gasteiger partial charge in [0.25, 0.3) is 0 Å². The Morgan fingerprint density at radius 3 is 2.04 bits per heavy atom. The lowest BCUT2D eigenvalue weighted by Crippen LogP contribution is -2.18. The van der Waals surface area contributed by atoms with E-state index in [1.165, 1.54) is 6.92 Å². The first kappa shape index (κ1) is 18.7. The number of hydrogen-bond donors (Lipinski definition) is 1. The number of imide groups is 1. The third kappa shape index (κ3) is 6.52. The molecule has 1 heterocycles. The molecule has 1 N–H and O–H groups in total. The molecule has 1 atom stereocenters. The van der Waals surface area contributed by atoms with Gasteiger partial charge in [-0.3, -0.25) is 23.9 Å². The van der Waals surface area contributed by atoms with E-state index in [9.17, 15) is 18.6 Å². The van der Waals surface area contributed by atoms with E-state index in [2.05, 4.69) is 11.9 Å². The van der Waals surface area contributed by atoms with Crippen molar-refractivity contribution in [2.75, 3.05) is 6.26 Å². The van der Waals surface area contributed by atoms with E-state index in [0.29, 0.717) is 24.0 Å². The van der Waals surface area contributed by atoms with Crippen LogP contribution in [0.5, 0.6) is 0 Å². The van der Waals surface area contributed by atoms with Gasteiger partial charge in [-0.1, -0.05) is 36.9 Å². The molecule has 23 heavy (non-hydrogen) atoms. The van der Waals surface area contributed by atoms with Crippen molar-refractivity contribution in [3.05, 3.63) is 53.5 Å². The van der Waals surface area contributed by atoms with Gasteiger partial charge in [0.1, 0.15) is 0 Å². The normalized spacial score (nSPS) is 15.3. The van der Waals surface area contributed by atoms with Gasteiger partial charge in [-0.2, -0.15) is 0 Å². The topological polar surface area (TPSA) is 80.3 Å². The second-order valence-corrected chi connectivity index (χ2v) is 6.14. The highest BCUT2D eigenvalue weighted by molar-refractivity contribution is 7.87. The van der Waals surface area contributed by atoms with Gasteiger partial charge < -0.3 is 0 Å². The van der Waals surface area contributed by atoms with Gasteiger partial charge >= 0.3 is 0 Å². The van der Waals surface area contributed by atoms with E-state index in [4.69, 9.17) is 0 Å². The van der Waals surface area contributed by atoms with Crippen LogP contribution in [0.2, 0.25) is 0 Å². The smallest absolute Gasteiger partial charge is 0.227 e. The molecule has 0 aromatic heterocycles. The van der Waals surface area contributed by atoms with Crippen molar-refractivity contribution < 1.29 is 18.6 Å². The van der Waals surface area contributed by atoms with Crippen LogP contribution in [0, 0.1) is 0 Å². The Hall–Kier alpha value is -2.34. The number of rotatable bonds is 4. The van der Waals surface area contributed by atoms with Crippen molar-refractivity contribution in [1.29, 1.82) is 0 Å². The first-order chi connectivity index (χ1) is 10.8. The second kappa shape index (κ2) is 8.95. The van der Waals surface area contributed by atoms with Gasteiger partial charge in [0.15, 0.2) is 5.78 Å². The van der Waals surface area contributed by atoms with Crippen LogP contribution >= 0.6 is 0 Å². The fourth-order valence-electron chi connectivity index (χ4n) is 1.79. The van der Waals surface area contributed by atoms with Gasteiger partial charge in [-0.15, -0.1) is 0 Å². The summed E-state index contributed by atoms with van der Waals surface area (Å²) >= 11 is 0. The van der Waals surface area contributed by atoms with Crippen LogP contribution in [-0.4, -0.2) is 28.1 Å². The molecule has 0 spiro atoms. The van der Waals surface area contributed by atoms with E-state index in [1.54, 1.807) is 11.7 Å². The van der Waals surface area contributed by atoms with Gasteiger partial charge in [0.2, 0.25) is 11.8 Å². The largest absolute Gasteiger partial charge is 0.296 e. The predicted molar refractivity (Wildman–Crippen MR) is 90.7 cm³/mol. The molecule has 0 bridgehead atoms. The van der Waals surface area contributed by atoms with Crippen LogP contribution in [0.25, 0.3) is 5.57 Å². The Kier molecular flexibility index (Phi) is 7.28. The third-order valence-corrected chi connectivity index (χ3v) is 3.54. The average Bonchev–Trinajstić information content (AvgIpc) is 2.88. The first-order valence-corrected chi connectivity index (χ1v) is 8.55. The molecule has 0 unspecified atom stereocenters. The maximum atomic E-state index is 11.3. The number of Topliss-reactive ketones (excluding diaryl/α,β-unsaturated/α-hetero) is 1. The molecule has 122 valence electrons. The Bertz CT molecular complexity index is 663. The molecule has 1 aromatic rings.